The molecule has 18 heavy (non-hydrogen) atoms. The highest BCUT2D eigenvalue weighted by Gasteiger charge is 2.13. The van der Waals surface area contributed by atoms with Gasteiger partial charge in [0, 0.05) is 18.6 Å². The van der Waals surface area contributed by atoms with E-state index in [1.807, 2.05) is 0 Å². The van der Waals surface area contributed by atoms with Crippen LogP contribution in [-0.2, 0) is 9.53 Å². The van der Waals surface area contributed by atoms with E-state index in [1.54, 1.807) is 0 Å². The number of hydrogen-bond acceptors (Lipinski definition) is 6. The van der Waals surface area contributed by atoms with E-state index in [0.29, 0.717) is 12.2 Å². The van der Waals surface area contributed by atoms with Crippen molar-refractivity contribution in [1.82, 2.24) is 0 Å². The molecule has 0 heterocycles. The Morgan fingerprint density at radius 2 is 2.06 bits per heavy atom. The molecule has 98 valence electrons. The van der Waals surface area contributed by atoms with E-state index in [1.165, 1.54) is 31.4 Å². The van der Waals surface area contributed by atoms with E-state index < -0.39 is 16.9 Å². The molecule has 1 aromatic carbocycles. The van der Waals surface area contributed by atoms with Crippen LogP contribution >= 0.6 is 0 Å². The minimum absolute atomic E-state index is 0.00591. The molecule has 0 aromatic heterocycles. The Hall–Kier alpha value is -2.15. The number of nitro benzene ring substituents is 1. The number of ether oxygens (including phenoxy) is 2. The maximum absolute atomic E-state index is 11.0. The number of nitrogens with zero attached hydrogens (tertiary/aromatic N) is 1. The zero-order valence-electron chi connectivity index (χ0n) is 9.87. The summed E-state index contributed by atoms with van der Waals surface area (Å²) in [6.07, 6.45) is 0.309. The summed E-state index contributed by atoms with van der Waals surface area (Å²) in [5.41, 5.74) is 5.51. The van der Waals surface area contributed by atoms with E-state index in [-0.39, 0.29) is 12.3 Å². The molecule has 0 saturated heterocycles. The molecule has 0 amide bonds. The van der Waals surface area contributed by atoms with Crippen molar-refractivity contribution in [3.8, 4) is 5.75 Å². The van der Waals surface area contributed by atoms with Crippen molar-refractivity contribution < 1.29 is 19.2 Å². The van der Waals surface area contributed by atoms with Gasteiger partial charge in [0.2, 0.25) is 0 Å². The van der Waals surface area contributed by atoms with Gasteiger partial charge in [-0.2, -0.15) is 0 Å². The Kier molecular flexibility index (Phi) is 5.06. The first-order valence-electron chi connectivity index (χ1n) is 5.25. The summed E-state index contributed by atoms with van der Waals surface area (Å²) in [7, 11) is 1.26. The second kappa shape index (κ2) is 6.55. The van der Waals surface area contributed by atoms with Gasteiger partial charge in [0.05, 0.1) is 18.6 Å². The van der Waals surface area contributed by atoms with Gasteiger partial charge in [0.25, 0.3) is 5.69 Å². The van der Waals surface area contributed by atoms with E-state index >= 15 is 0 Å². The van der Waals surface area contributed by atoms with E-state index in [9.17, 15) is 14.9 Å². The molecule has 0 aliphatic carbocycles. The molecule has 0 spiro atoms. The molecule has 2 N–H and O–H groups in total. The zero-order valence-corrected chi connectivity index (χ0v) is 9.87. The summed E-state index contributed by atoms with van der Waals surface area (Å²) in [5, 5.41) is 10.4. The average molecular weight is 254 g/mol. The maximum atomic E-state index is 11.0. The van der Waals surface area contributed by atoms with Gasteiger partial charge in [-0.3, -0.25) is 14.9 Å². The topological polar surface area (TPSA) is 105 Å². The van der Waals surface area contributed by atoms with E-state index in [2.05, 4.69) is 4.74 Å². The average Bonchev–Trinajstić information content (AvgIpc) is 2.38. The number of non-ortho nitro benzene ring substituents is 1. The van der Waals surface area contributed by atoms with Crippen molar-refractivity contribution in [3.05, 3.63) is 34.4 Å². The summed E-state index contributed by atoms with van der Waals surface area (Å²) in [5.74, 6) is -0.0139. The van der Waals surface area contributed by atoms with Gasteiger partial charge in [-0.05, 0) is 12.1 Å². The van der Waals surface area contributed by atoms with Crippen LogP contribution in [0.4, 0.5) is 5.69 Å². The minimum Gasteiger partial charge on any atom is -0.494 e. The maximum Gasteiger partial charge on any atom is 0.322 e. The number of hydrogen-bond donors (Lipinski definition) is 1. The molecule has 1 unspecified atom stereocenters. The standard InChI is InChI=1S/C11H14N2O5/c1-17-11(14)10(12)6-7-18-9-4-2-8(3-5-9)13(15)16/h2-5,10H,6-7,12H2,1H3. The number of esters is 1. The quantitative estimate of drug-likeness (QED) is 0.458. The monoisotopic (exact) mass is 254 g/mol. The van der Waals surface area contributed by atoms with Gasteiger partial charge in [-0.25, -0.2) is 0 Å². The lowest BCUT2D eigenvalue weighted by Gasteiger charge is -2.10. The van der Waals surface area contributed by atoms with Gasteiger partial charge >= 0.3 is 5.97 Å². The highest BCUT2D eigenvalue weighted by Crippen LogP contribution is 2.17. The van der Waals surface area contributed by atoms with Crippen LogP contribution in [-0.4, -0.2) is 30.7 Å². The van der Waals surface area contributed by atoms with Crippen LogP contribution in [0.3, 0.4) is 0 Å². The van der Waals surface area contributed by atoms with Crippen molar-refractivity contribution in [1.29, 1.82) is 0 Å². The van der Waals surface area contributed by atoms with Crippen molar-refractivity contribution in [2.45, 2.75) is 12.5 Å². The number of rotatable bonds is 6. The molecule has 0 aliphatic heterocycles. The van der Waals surface area contributed by atoms with Gasteiger partial charge in [0.1, 0.15) is 11.8 Å². The summed E-state index contributed by atoms with van der Waals surface area (Å²) in [6, 6.07) is 4.93. The smallest absolute Gasteiger partial charge is 0.322 e. The van der Waals surface area contributed by atoms with Crippen LogP contribution in [0.25, 0.3) is 0 Å². The van der Waals surface area contributed by atoms with Crippen molar-refractivity contribution in [2.75, 3.05) is 13.7 Å². The summed E-state index contributed by atoms with van der Waals surface area (Å²) in [4.78, 5) is 20.9. The zero-order chi connectivity index (χ0) is 13.5. The molecular formula is C11H14N2O5. The van der Waals surface area contributed by atoms with Crippen LogP contribution in [0, 0.1) is 10.1 Å². The fraction of sp³-hybridized carbons (Fsp3) is 0.364. The molecule has 0 radical (unpaired) electrons. The molecule has 0 bridgehead atoms. The highest BCUT2D eigenvalue weighted by molar-refractivity contribution is 5.75. The third kappa shape index (κ3) is 4.02. The Bertz CT molecular complexity index is 418. The number of methoxy groups -OCH3 is 1. The third-order valence-corrected chi connectivity index (χ3v) is 2.25. The largest absolute Gasteiger partial charge is 0.494 e. The number of carbonyl (C=O) groups excluding carboxylic acids is 1. The van der Waals surface area contributed by atoms with Crippen LogP contribution in [0.2, 0.25) is 0 Å². The van der Waals surface area contributed by atoms with Gasteiger partial charge in [-0.15, -0.1) is 0 Å². The predicted octanol–water partition coefficient (Wildman–Crippen LogP) is 0.864. The first-order chi connectivity index (χ1) is 8.54. The number of carbonyl (C=O) groups is 1. The Balaban J connectivity index is 2.40. The lowest BCUT2D eigenvalue weighted by molar-refractivity contribution is -0.384. The Morgan fingerprint density at radius 3 is 2.56 bits per heavy atom. The third-order valence-electron chi connectivity index (χ3n) is 2.25. The predicted molar refractivity (Wildman–Crippen MR) is 63.2 cm³/mol. The molecular weight excluding hydrogens is 240 g/mol. The Labute approximate surface area is 104 Å². The van der Waals surface area contributed by atoms with Crippen LogP contribution < -0.4 is 10.5 Å². The summed E-state index contributed by atoms with van der Waals surface area (Å²) < 4.78 is 9.76. The fourth-order valence-corrected chi connectivity index (χ4v) is 1.24. The molecule has 1 aromatic rings. The van der Waals surface area contributed by atoms with E-state index in [0.717, 1.165) is 0 Å². The number of nitro groups is 1. The van der Waals surface area contributed by atoms with Crippen molar-refractivity contribution in [2.24, 2.45) is 5.73 Å². The summed E-state index contributed by atoms with van der Waals surface area (Å²) >= 11 is 0. The molecule has 0 fully saturated rings. The second-order valence-corrected chi connectivity index (χ2v) is 3.52. The molecule has 1 atom stereocenters. The van der Waals surface area contributed by atoms with Crippen molar-refractivity contribution in [3.63, 3.8) is 0 Å². The van der Waals surface area contributed by atoms with Crippen LogP contribution in [0.15, 0.2) is 24.3 Å². The van der Waals surface area contributed by atoms with Gasteiger partial charge in [-0.1, -0.05) is 0 Å². The number of benzene rings is 1. The molecule has 0 aliphatic rings. The van der Waals surface area contributed by atoms with Crippen molar-refractivity contribution >= 4 is 11.7 Å². The molecule has 7 heteroatoms. The summed E-state index contributed by atoms with van der Waals surface area (Å²) in [6.45, 7) is 0.230. The molecule has 7 nitrogen and oxygen atoms in total. The number of nitrogens with two attached hydrogens (primary N) is 1. The van der Waals surface area contributed by atoms with Crippen LogP contribution in [0.5, 0.6) is 5.75 Å². The van der Waals surface area contributed by atoms with E-state index in [4.69, 9.17) is 10.5 Å². The normalized spacial score (nSPS) is 11.7. The van der Waals surface area contributed by atoms with Crippen LogP contribution in [0.1, 0.15) is 6.42 Å². The van der Waals surface area contributed by atoms with Gasteiger partial charge in [0.15, 0.2) is 0 Å². The van der Waals surface area contributed by atoms with Gasteiger partial charge < -0.3 is 15.2 Å². The lowest BCUT2D eigenvalue weighted by atomic mass is 10.2. The fourth-order valence-electron chi connectivity index (χ4n) is 1.24. The molecule has 1 rings (SSSR count). The Morgan fingerprint density at radius 1 is 1.44 bits per heavy atom. The first-order valence-corrected chi connectivity index (χ1v) is 5.25. The minimum atomic E-state index is -0.729. The lowest BCUT2D eigenvalue weighted by Crippen LogP contribution is -2.33. The molecule has 0 saturated carbocycles. The SMILES string of the molecule is COC(=O)C(N)CCOc1ccc([N+](=O)[O-])cc1. The highest BCUT2D eigenvalue weighted by atomic mass is 16.6. The first kappa shape index (κ1) is 13.9. The second-order valence-electron chi connectivity index (χ2n) is 3.52.